The first kappa shape index (κ1) is 13.2. The molecule has 1 aromatic rings. The lowest BCUT2D eigenvalue weighted by Gasteiger charge is -2.20. The van der Waals surface area contributed by atoms with Crippen LogP contribution in [0.4, 0.5) is 0 Å². The Balaban J connectivity index is 2.59. The van der Waals surface area contributed by atoms with Gasteiger partial charge in [-0.1, -0.05) is 34.1 Å². The van der Waals surface area contributed by atoms with Crippen LogP contribution in [0.5, 0.6) is 0 Å². The molecule has 1 rings (SSSR count). The summed E-state index contributed by atoms with van der Waals surface area (Å²) in [6.45, 7) is 4.09. The number of ether oxygens (including phenoxy) is 1. The van der Waals surface area contributed by atoms with Crippen molar-refractivity contribution in [2.75, 3.05) is 6.54 Å². The molecule has 0 aliphatic rings. The van der Waals surface area contributed by atoms with Crippen molar-refractivity contribution in [2.45, 2.75) is 20.5 Å². The Kier molecular flexibility index (Phi) is 4.50. The van der Waals surface area contributed by atoms with Gasteiger partial charge in [0.25, 0.3) is 0 Å². The molecular formula is C12H16BrNO2. The van der Waals surface area contributed by atoms with Crippen molar-refractivity contribution < 1.29 is 9.53 Å². The lowest BCUT2D eigenvalue weighted by atomic mass is 9.94. The van der Waals surface area contributed by atoms with Gasteiger partial charge in [-0.25, -0.2) is 0 Å². The van der Waals surface area contributed by atoms with Gasteiger partial charge in [-0.15, -0.1) is 0 Å². The van der Waals surface area contributed by atoms with Gasteiger partial charge in [-0.05, 0) is 19.9 Å². The minimum atomic E-state index is -0.624. The zero-order valence-corrected chi connectivity index (χ0v) is 11.1. The molecule has 0 saturated heterocycles. The summed E-state index contributed by atoms with van der Waals surface area (Å²) >= 11 is 3.40. The smallest absolute Gasteiger partial charge is 0.313 e. The van der Waals surface area contributed by atoms with E-state index in [-0.39, 0.29) is 19.1 Å². The van der Waals surface area contributed by atoms with E-state index in [2.05, 4.69) is 15.9 Å². The van der Waals surface area contributed by atoms with Crippen molar-refractivity contribution in [1.29, 1.82) is 0 Å². The average molecular weight is 286 g/mol. The normalized spacial score (nSPS) is 11.2. The Morgan fingerprint density at radius 3 is 2.62 bits per heavy atom. The van der Waals surface area contributed by atoms with Crippen molar-refractivity contribution >= 4 is 21.9 Å². The molecule has 88 valence electrons. The van der Waals surface area contributed by atoms with Gasteiger partial charge in [0.15, 0.2) is 0 Å². The molecule has 0 heterocycles. The van der Waals surface area contributed by atoms with Crippen LogP contribution in [0, 0.1) is 5.41 Å². The van der Waals surface area contributed by atoms with Gasteiger partial charge in [0.05, 0.1) is 5.41 Å². The maximum Gasteiger partial charge on any atom is 0.313 e. The zero-order chi connectivity index (χ0) is 12.2. The molecule has 0 amide bonds. The maximum atomic E-state index is 11.7. The van der Waals surface area contributed by atoms with E-state index in [0.29, 0.717) is 0 Å². The van der Waals surface area contributed by atoms with E-state index in [1.165, 1.54) is 0 Å². The monoisotopic (exact) mass is 285 g/mol. The van der Waals surface area contributed by atoms with Gasteiger partial charge in [0.2, 0.25) is 0 Å². The number of esters is 1. The van der Waals surface area contributed by atoms with Crippen LogP contribution in [0.1, 0.15) is 19.4 Å². The number of carbonyl (C=O) groups is 1. The number of hydrogen-bond donors (Lipinski definition) is 1. The zero-order valence-electron chi connectivity index (χ0n) is 9.50. The number of carbonyl (C=O) groups excluding carboxylic acids is 1. The third-order valence-electron chi connectivity index (χ3n) is 2.38. The molecule has 0 spiro atoms. The fraction of sp³-hybridized carbons (Fsp3) is 0.417. The molecule has 0 saturated carbocycles. The van der Waals surface area contributed by atoms with Gasteiger partial charge in [0, 0.05) is 16.6 Å². The first-order valence-electron chi connectivity index (χ1n) is 5.08. The Hall–Kier alpha value is -0.870. The van der Waals surface area contributed by atoms with Crippen molar-refractivity contribution in [3.05, 3.63) is 34.3 Å². The topological polar surface area (TPSA) is 52.3 Å². The highest BCUT2D eigenvalue weighted by Crippen LogP contribution is 2.20. The predicted molar refractivity (Wildman–Crippen MR) is 66.8 cm³/mol. The van der Waals surface area contributed by atoms with E-state index in [1.807, 2.05) is 24.3 Å². The van der Waals surface area contributed by atoms with E-state index in [1.54, 1.807) is 13.8 Å². The van der Waals surface area contributed by atoms with Crippen LogP contribution in [-0.4, -0.2) is 12.5 Å². The minimum absolute atomic E-state index is 0.268. The lowest BCUT2D eigenvalue weighted by molar-refractivity contribution is -0.154. The molecule has 4 heteroatoms. The number of hydrogen-bond acceptors (Lipinski definition) is 3. The van der Waals surface area contributed by atoms with Crippen molar-refractivity contribution in [2.24, 2.45) is 11.1 Å². The van der Waals surface area contributed by atoms with Crippen molar-refractivity contribution in [3.63, 3.8) is 0 Å². The van der Waals surface area contributed by atoms with Crippen LogP contribution in [0.2, 0.25) is 0 Å². The average Bonchev–Trinajstić information content (AvgIpc) is 2.27. The third-order valence-corrected chi connectivity index (χ3v) is 3.15. The number of nitrogens with two attached hydrogens (primary N) is 1. The number of rotatable bonds is 4. The van der Waals surface area contributed by atoms with Crippen LogP contribution in [0.3, 0.4) is 0 Å². The first-order chi connectivity index (χ1) is 7.47. The Morgan fingerprint density at radius 1 is 1.44 bits per heavy atom. The second kappa shape index (κ2) is 5.46. The molecule has 0 aromatic heterocycles. The van der Waals surface area contributed by atoms with E-state index in [9.17, 15) is 4.79 Å². The number of benzene rings is 1. The van der Waals surface area contributed by atoms with Gasteiger partial charge >= 0.3 is 5.97 Å². The van der Waals surface area contributed by atoms with E-state index in [0.717, 1.165) is 10.0 Å². The second-order valence-corrected chi connectivity index (χ2v) is 5.11. The first-order valence-corrected chi connectivity index (χ1v) is 5.87. The van der Waals surface area contributed by atoms with Crippen LogP contribution in [0.25, 0.3) is 0 Å². The molecule has 0 aliphatic heterocycles. The summed E-state index contributed by atoms with van der Waals surface area (Å²) in [5, 5.41) is 0. The van der Waals surface area contributed by atoms with Gasteiger partial charge in [-0.3, -0.25) is 4.79 Å². The fourth-order valence-electron chi connectivity index (χ4n) is 1.04. The molecule has 0 fully saturated rings. The van der Waals surface area contributed by atoms with Crippen LogP contribution in [0.15, 0.2) is 28.7 Å². The molecule has 0 bridgehead atoms. The van der Waals surface area contributed by atoms with Gasteiger partial charge < -0.3 is 10.5 Å². The standard InChI is InChI=1S/C12H16BrNO2/c1-12(2,8-14)11(15)16-7-9-5-3-4-6-10(9)13/h3-6H,7-8,14H2,1-2H3. The van der Waals surface area contributed by atoms with E-state index >= 15 is 0 Å². The van der Waals surface area contributed by atoms with Gasteiger partial charge in [-0.2, -0.15) is 0 Å². The maximum absolute atomic E-state index is 11.7. The minimum Gasteiger partial charge on any atom is -0.460 e. The quantitative estimate of drug-likeness (QED) is 0.865. The number of halogens is 1. The summed E-state index contributed by atoms with van der Waals surface area (Å²) in [6.07, 6.45) is 0. The summed E-state index contributed by atoms with van der Waals surface area (Å²) in [5.74, 6) is -0.272. The van der Waals surface area contributed by atoms with Crippen molar-refractivity contribution in [3.8, 4) is 0 Å². The molecule has 0 unspecified atom stereocenters. The van der Waals surface area contributed by atoms with Crippen LogP contribution >= 0.6 is 15.9 Å². The van der Waals surface area contributed by atoms with E-state index in [4.69, 9.17) is 10.5 Å². The Bertz CT molecular complexity index is 377. The molecule has 3 nitrogen and oxygen atoms in total. The van der Waals surface area contributed by atoms with Crippen LogP contribution < -0.4 is 5.73 Å². The highest BCUT2D eigenvalue weighted by atomic mass is 79.9. The summed E-state index contributed by atoms with van der Waals surface area (Å²) in [4.78, 5) is 11.7. The summed E-state index contributed by atoms with van der Waals surface area (Å²) in [5.41, 5.74) is 5.82. The molecule has 0 aliphatic carbocycles. The second-order valence-electron chi connectivity index (χ2n) is 4.26. The molecular weight excluding hydrogens is 270 g/mol. The highest BCUT2D eigenvalue weighted by molar-refractivity contribution is 9.10. The molecule has 1 aromatic carbocycles. The van der Waals surface area contributed by atoms with Crippen LogP contribution in [-0.2, 0) is 16.1 Å². The molecule has 2 N–H and O–H groups in total. The summed E-state index contributed by atoms with van der Waals surface area (Å²) in [6, 6.07) is 7.64. The SMILES string of the molecule is CC(C)(CN)C(=O)OCc1ccccc1Br. The Morgan fingerprint density at radius 2 is 2.06 bits per heavy atom. The molecule has 0 atom stereocenters. The van der Waals surface area contributed by atoms with E-state index < -0.39 is 5.41 Å². The largest absolute Gasteiger partial charge is 0.460 e. The molecule has 0 radical (unpaired) electrons. The molecule has 16 heavy (non-hydrogen) atoms. The van der Waals surface area contributed by atoms with Crippen molar-refractivity contribution in [1.82, 2.24) is 0 Å². The third kappa shape index (κ3) is 3.32. The highest BCUT2D eigenvalue weighted by Gasteiger charge is 2.27. The predicted octanol–water partition coefficient (Wildman–Crippen LogP) is 2.48. The van der Waals surface area contributed by atoms with Gasteiger partial charge in [0.1, 0.15) is 6.61 Å². The lowest BCUT2D eigenvalue weighted by Crippen LogP contribution is -2.34. The Labute approximate surface area is 104 Å². The summed E-state index contributed by atoms with van der Waals surface area (Å²) in [7, 11) is 0. The summed E-state index contributed by atoms with van der Waals surface area (Å²) < 4.78 is 6.15. The fourth-order valence-corrected chi connectivity index (χ4v) is 1.44.